The predicted octanol–water partition coefficient (Wildman–Crippen LogP) is 4.73. The van der Waals surface area contributed by atoms with Gasteiger partial charge in [-0.1, -0.05) is 11.6 Å². The van der Waals surface area contributed by atoms with Gasteiger partial charge in [0.15, 0.2) is 0 Å². The molecule has 3 aliphatic heterocycles. The van der Waals surface area contributed by atoms with E-state index in [4.69, 9.17) is 16.3 Å². The predicted molar refractivity (Wildman–Crippen MR) is 128 cm³/mol. The van der Waals surface area contributed by atoms with E-state index in [-0.39, 0.29) is 23.8 Å². The molecule has 1 aromatic carbocycles. The van der Waals surface area contributed by atoms with Gasteiger partial charge in [0.05, 0.1) is 5.57 Å². The van der Waals surface area contributed by atoms with Crippen LogP contribution in [0, 0.1) is 5.41 Å². The molecule has 5 rings (SSSR count). The summed E-state index contributed by atoms with van der Waals surface area (Å²) in [5.74, 6) is 0.873. The second-order valence-corrected chi connectivity index (χ2v) is 10.0. The van der Waals surface area contributed by atoms with Gasteiger partial charge < -0.3 is 14.5 Å². The lowest BCUT2D eigenvalue weighted by Crippen LogP contribution is -2.44. The average molecular weight is 469 g/mol. The number of hydrogen-bond donors (Lipinski definition) is 0. The standard InChI is InChI=1S/C25H25ClN2O3S/c26-21-2-3-22-19(14-21)13-20(15-31-22)24(30)28-11-8-25(17-28)6-9-27(10-7-25)23(29)4-1-18-5-12-32-16-18/h1-5,12-14,16H,6-11,15,17H2/b4-1+. The summed E-state index contributed by atoms with van der Waals surface area (Å²) < 4.78 is 5.77. The number of fused-ring (bicyclic) bond motifs is 1. The smallest absolute Gasteiger partial charge is 0.253 e. The van der Waals surface area contributed by atoms with E-state index in [0.717, 1.165) is 62.3 Å². The third kappa shape index (κ3) is 4.34. The highest BCUT2D eigenvalue weighted by molar-refractivity contribution is 7.08. The number of carbonyl (C=O) groups excluding carboxylic acids is 2. The molecule has 1 spiro atoms. The van der Waals surface area contributed by atoms with Gasteiger partial charge in [0.1, 0.15) is 12.4 Å². The van der Waals surface area contributed by atoms with E-state index in [0.29, 0.717) is 10.6 Å². The number of nitrogens with zero attached hydrogens (tertiary/aromatic N) is 2. The van der Waals surface area contributed by atoms with E-state index in [1.165, 1.54) is 0 Å². The highest BCUT2D eigenvalue weighted by Gasteiger charge is 2.43. The summed E-state index contributed by atoms with van der Waals surface area (Å²) in [6, 6.07) is 7.46. The van der Waals surface area contributed by atoms with Crippen LogP contribution in [0.1, 0.15) is 30.4 Å². The largest absolute Gasteiger partial charge is 0.488 e. The third-order valence-corrected chi connectivity index (χ3v) is 7.72. The molecule has 0 saturated carbocycles. The van der Waals surface area contributed by atoms with Crippen LogP contribution in [0.25, 0.3) is 12.2 Å². The zero-order valence-corrected chi connectivity index (χ0v) is 19.3. The van der Waals surface area contributed by atoms with E-state index >= 15 is 0 Å². The number of ether oxygens (including phenoxy) is 1. The Morgan fingerprint density at radius 2 is 1.88 bits per heavy atom. The highest BCUT2D eigenvalue weighted by Crippen LogP contribution is 2.41. The Bertz CT molecular complexity index is 1080. The Morgan fingerprint density at radius 1 is 1.09 bits per heavy atom. The molecule has 7 heteroatoms. The topological polar surface area (TPSA) is 49.9 Å². The molecule has 2 fully saturated rings. The summed E-state index contributed by atoms with van der Waals surface area (Å²) in [5, 5.41) is 4.66. The summed E-state index contributed by atoms with van der Waals surface area (Å²) in [6.45, 7) is 3.28. The van der Waals surface area contributed by atoms with Gasteiger partial charge in [-0.2, -0.15) is 11.3 Å². The first-order chi connectivity index (χ1) is 15.5. The number of benzene rings is 1. The number of carbonyl (C=O) groups is 2. The van der Waals surface area contributed by atoms with Crippen molar-refractivity contribution in [2.45, 2.75) is 19.3 Å². The molecular formula is C25H25ClN2O3S. The van der Waals surface area contributed by atoms with Crippen molar-refractivity contribution >= 4 is 46.9 Å². The molecule has 166 valence electrons. The summed E-state index contributed by atoms with van der Waals surface area (Å²) in [4.78, 5) is 29.6. The van der Waals surface area contributed by atoms with Gasteiger partial charge in [0.25, 0.3) is 5.91 Å². The van der Waals surface area contributed by atoms with Crippen LogP contribution in [0.4, 0.5) is 0 Å². The van der Waals surface area contributed by atoms with Crippen molar-refractivity contribution in [3.05, 3.63) is 62.8 Å². The van der Waals surface area contributed by atoms with Crippen LogP contribution in [-0.4, -0.2) is 54.4 Å². The van der Waals surface area contributed by atoms with Crippen molar-refractivity contribution in [2.75, 3.05) is 32.8 Å². The molecule has 4 heterocycles. The van der Waals surface area contributed by atoms with Gasteiger partial charge in [0.2, 0.25) is 5.91 Å². The Balaban J connectivity index is 1.19. The minimum Gasteiger partial charge on any atom is -0.488 e. The summed E-state index contributed by atoms with van der Waals surface area (Å²) >= 11 is 7.72. The lowest BCUT2D eigenvalue weighted by molar-refractivity contribution is -0.129. The van der Waals surface area contributed by atoms with Crippen molar-refractivity contribution < 1.29 is 14.3 Å². The molecule has 3 aliphatic rings. The molecule has 2 aromatic rings. The molecule has 0 N–H and O–H groups in total. The van der Waals surface area contributed by atoms with E-state index in [2.05, 4.69) is 0 Å². The molecule has 0 radical (unpaired) electrons. The van der Waals surface area contributed by atoms with Crippen molar-refractivity contribution in [2.24, 2.45) is 5.41 Å². The fraction of sp³-hybridized carbons (Fsp3) is 0.360. The second kappa shape index (κ2) is 8.75. The number of amides is 2. The summed E-state index contributed by atoms with van der Waals surface area (Å²) in [6.07, 6.45) is 8.31. The molecule has 0 atom stereocenters. The molecule has 32 heavy (non-hydrogen) atoms. The van der Waals surface area contributed by atoms with E-state index in [9.17, 15) is 9.59 Å². The maximum absolute atomic E-state index is 13.2. The SMILES string of the molecule is O=C(/C=C/c1ccsc1)N1CCC2(CC1)CCN(C(=O)C1=Cc3cc(Cl)ccc3OC1)C2. The number of piperidine rings is 1. The zero-order valence-electron chi connectivity index (χ0n) is 17.8. The van der Waals surface area contributed by atoms with Crippen LogP contribution in [0.3, 0.4) is 0 Å². The maximum Gasteiger partial charge on any atom is 0.253 e. The third-order valence-electron chi connectivity index (χ3n) is 6.78. The number of likely N-dealkylation sites (tertiary alicyclic amines) is 2. The van der Waals surface area contributed by atoms with Crippen LogP contribution in [0.5, 0.6) is 5.75 Å². The van der Waals surface area contributed by atoms with E-state index in [1.54, 1.807) is 23.5 Å². The molecule has 2 saturated heterocycles. The van der Waals surface area contributed by atoms with Crippen LogP contribution in [-0.2, 0) is 9.59 Å². The Morgan fingerprint density at radius 3 is 2.62 bits per heavy atom. The molecule has 0 bridgehead atoms. The average Bonchev–Trinajstić information content (AvgIpc) is 3.47. The molecule has 2 amide bonds. The van der Waals surface area contributed by atoms with E-state index in [1.807, 2.05) is 50.9 Å². The Labute approximate surface area is 196 Å². The molecule has 5 nitrogen and oxygen atoms in total. The van der Waals surface area contributed by atoms with Crippen molar-refractivity contribution in [3.63, 3.8) is 0 Å². The number of thiophene rings is 1. The van der Waals surface area contributed by atoms with Crippen molar-refractivity contribution in [3.8, 4) is 5.75 Å². The minimum absolute atomic E-state index is 0.0460. The highest BCUT2D eigenvalue weighted by atomic mass is 35.5. The van der Waals surface area contributed by atoms with Crippen molar-refractivity contribution in [1.82, 2.24) is 9.80 Å². The summed E-state index contributed by atoms with van der Waals surface area (Å²) in [7, 11) is 0. The first kappa shape index (κ1) is 21.3. The fourth-order valence-electron chi connectivity index (χ4n) is 4.84. The zero-order chi connectivity index (χ0) is 22.1. The molecular weight excluding hydrogens is 444 g/mol. The van der Waals surface area contributed by atoms with Gasteiger partial charge in [-0.05, 0) is 77.4 Å². The number of halogens is 1. The quantitative estimate of drug-likeness (QED) is 0.612. The monoisotopic (exact) mass is 468 g/mol. The lowest BCUT2D eigenvalue weighted by Gasteiger charge is -2.39. The Kier molecular flexibility index (Phi) is 5.82. The molecule has 1 aromatic heterocycles. The van der Waals surface area contributed by atoms with Crippen LogP contribution in [0.2, 0.25) is 5.02 Å². The lowest BCUT2D eigenvalue weighted by atomic mass is 9.77. The van der Waals surface area contributed by atoms with E-state index < -0.39 is 0 Å². The van der Waals surface area contributed by atoms with Crippen molar-refractivity contribution in [1.29, 1.82) is 0 Å². The Hall–Kier alpha value is -2.57. The number of hydrogen-bond acceptors (Lipinski definition) is 4. The second-order valence-electron chi connectivity index (χ2n) is 8.83. The van der Waals surface area contributed by atoms with Crippen LogP contribution < -0.4 is 4.74 Å². The summed E-state index contributed by atoms with van der Waals surface area (Å²) in [5.41, 5.74) is 2.69. The van der Waals surface area contributed by atoms with Gasteiger partial charge in [-0.3, -0.25) is 9.59 Å². The van der Waals surface area contributed by atoms with Gasteiger partial charge in [0, 0.05) is 42.8 Å². The van der Waals surface area contributed by atoms with Crippen LogP contribution >= 0.6 is 22.9 Å². The van der Waals surface area contributed by atoms with Gasteiger partial charge in [-0.25, -0.2) is 0 Å². The maximum atomic E-state index is 13.2. The van der Waals surface area contributed by atoms with Gasteiger partial charge in [-0.15, -0.1) is 0 Å². The normalized spacial score (nSPS) is 19.7. The molecule has 0 aliphatic carbocycles. The molecule has 0 unspecified atom stereocenters. The fourth-order valence-corrected chi connectivity index (χ4v) is 5.64. The van der Waals surface area contributed by atoms with Crippen LogP contribution in [0.15, 0.2) is 46.7 Å². The first-order valence-corrected chi connectivity index (χ1v) is 12.2. The minimum atomic E-state index is 0.0460. The number of rotatable bonds is 3. The first-order valence-electron chi connectivity index (χ1n) is 10.9. The van der Waals surface area contributed by atoms with Gasteiger partial charge >= 0.3 is 0 Å².